The Balaban J connectivity index is 1.62. The first kappa shape index (κ1) is 14.8. The number of pyridine rings is 1. The van der Waals surface area contributed by atoms with Crippen molar-refractivity contribution < 1.29 is 8.42 Å². The van der Waals surface area contributed by atoms with E-state index in [2.05, 4.69) is 15.0 Å². The van der Waals surface area contributed by atoms with Crippen molar-refractivity contribution in [3.63, 3.8) is 0 Å². The van der Waals surface area contributed by atoms with E-state index in [0.29, 0.717) is 18.3 Å². The number of hydrogen-bond acceptors (Lipinski definition) is 4. The summed E-state index contributed by atoms with van der Waals surface area (Å²) >= 11 is 0. The van der Waals surface area contributed by atoms with E-state index in [1.165, 1.54) is 31.9 Å². The van der Waals surface area contributed by atoms with Crippen LogP contribution < -0.4 is 10.0 Å². The van der Waals surface area contributed by atoms with Gasteiger partial charge in [-0.05, 0) is 62.5 Å². The molecule has 0 spiro atoms. The molecule has 0 amide bonds. The maximum atomic E-state index is 12.3. The molecule has 0 unspecified atom stereocenters. The monoisotopic (exact) mass is 309 g/mol. The summed E-state index contributed by atoms with van der Waals surface area (Å²) in [6, 6.07) is 3.31. The fourth-order valence-corrected chi connectivity index (χ4v) is 3.90. The summed E-state index contributed by atoms with van der Waals surface area (Å²) in [5, 5.41) is 3.06. The smallest absolute Gasteiger partial charge is 0.242 e. The van der Waals surface area contributed by atoms with Crippen LogP contribution >= 0.6 is 0 Å². The Morgan fingerprint density at radius 1 is 1.24 bits per heavy atom. The number of nitrogens with zero attached hydrogens (tertiary/aromatic N) is 1. The molecule has 0 radical (unpaired) electrons. The number of sulfonamides is 1. The van der Waals surface area contributed by atoms with Crippen molar-refractivity contribution in [3.05, 3.63) is 18.3 Å². The summed E-state index contributed by atoms with van der Waals surface area (Å²) in [6.45, 7) is 3.32. The van der Waals surface area contributed by atoms with Crippen LogP contribution in [0.15, 0.2) is 23.2 Å². The lowest BCUT2D eigenvalue weighted by atomic mass is 9.99. The molecule has 2 N–H and O–H groups in total. The first-order valence-corrected chi connectivity index (χ1v) is 9.28. The van der Waals surface area contributed by atoms with Crippen LogP contribution in [0.3, 0.4) is 0 Å². The third kappa shape index (κ3) is 3.74. The molecule has 1 aromatic heterocycles. The van der Waals surface area contributed by atoms with Crippen molar-refractivity contribution >= 4 is 15.8 Å². The van der Waals surface area contributed by atoms with E-state index in [1.54, 1.807) is 12.1 Å². The van der Waals surface area contributed by atoms with Gasteiger partial charge in [0.15, 0.2) is 0 Å². The lowest BCUT2D eigenvalue weighted by Gasteiger charge is -2.16. The van der Waals surface area contributed by atoms with Crippen LogP contribution in [-0.2, 0) is 10.0 Å². The van der Waals surface area contributed by atoms with Crippen molar-refractivity contribution in [2.24, 2.45) is 17.8 Å². The number of nitrogens with one attached hydrogen (secondary N) is 2. The molecule has 116 valence electrons. The highest BCUT2D eigenvalue weighted by Crippen LogP contribution is 2.48. The minimum atomic E-state index is -3.44. The molecule has 1 aromatic rings. The quantitative estimate of drug-likeness (QED) is 0.772. The molecule has 2 aliphatic carbocycles. The molecule has 3 rings (SSSR count). The Hall–Kier alpha value is -1.14. The second kappa shape index (κ2) is 5.93. The summed E-state index contributed by atoms with van der Waals surface area (Å²) in [7, 11) is -3.44. The number of hydrogen-bond donors (Lipinski definition) is 2. The average molecular weight is 309 g/mol. The van der Waals surface area contributed by atoms with Crippen molar-refractivity contribution in [2.45, 2.75) is 37.5 Å². The molecule has 0 saturated heterocycles. The Bertz CT molecular complexity index is 565. The van der Waals surface area contributed by atoms with Gasteiger partial charge in [-0.3, -0.25) is 0 Å². The van der Waals surface area contributed by atoms with Gasteiger partial charge in [-0.15, -0.1) is 0 Å². The van der Waals surface area contributed by atoms with E-state index in [0.717, 1.165) is 18.4 Å². The standard InChI is InChI=1S/C15H23N3O2S/c1-2-16-15-8-7-13(9-17-15)21(19,20)18-10-14(11-3-4-11)12-5-6-12/h7-9,11-12,14,18H,2-6,10H2,1H3,(H,16,17). The summed E-state index contributed by atoms with van der Waals surface area (Å²) in [5.74, 6) is 2.72. The predicted octanol–water partition coefficient (Wildman–Crippen LogP) is 2.23. The number of aromatic nitrogens is 1. The van der Waals surface area contributed by atoms with Gasteiger partial charge in [0.05, 0.1) is 0 Å². The summed E-state index contributed by atoms with van der Waals surface area (Å²) < 4.78 is 27.4. The van der Waals surface area contributed by atoms with Crippen LogP contribution in [0, 0.1) is 17.8 Å². The molecular weight excluding hydrogens is 286 g/mol. The van der Waals surface area contributed by atoms with Crippen LogP contribution in [0.1, 0.15) is 32.6 Å². The van der Waals surface area contributed by atoms with E-state index >= 15 is 0 Å². The third-order valence-corrected chi connectivity index (χ3v) is 5.78. The van der Waals surface area contributed by atoms with Gasteiger partial charge in [0.25, 0.3) is 0 Å². The number of rotatable bonds is 8. The van der Waals surface area contributed by atoms with E-state index in [-0.39, 0.29) is 4.90 Å². The van der Waals surface area contributed by atoms with Crippen molar-refractivity contribution in [1.82, 2.24) is 9.71 Å². The van der Waals surface area contributed by atoms with Gasteiger partial charge in [-0.25, -0.2) is 18.1 Å². The molecule has 2 saturated carbocycles. The Kier molecular flexibility index (Phi) is 4.17. The van der Waals surface area contributed by atoms with E-state index < -0.39 is 10.0 Å². The highest BCUT2D eigenvalue weighted by atomic mass is 32.2. The number of anilines is 1. The van der Waals surface area contributed by atoms with E-state index in [9.17, 15) is 8.42 Å². The normalized spacial score (nSPS) is 19.0. The molecule has 0 aromatic carbocycles. The van der Waals surface area contributed by atoms with Crippen molar-refractivity contribution in [1.29, 1.82) is 0 Å². The first-order valence-electron chi connectivity index (χ1n) is 7.79. The zero-order valence-electron chi connectivity index (χ0n) is 12.4. The molecule has 21 heavy (non-hydrogen) atoms. The molecule has 2 aliphatic rings. The Morgan fingerprint density at radius 2 is 1.90 bits per heavy atom. The highest BCUT2D eigenvalue weighted by Gasteiger charge is 2.41. The largest absolute Gasteiger partial charge is 0.370 e. The van der Waals surface area contributed by atoms with Crippen LogP contribution in [0.25, 0.3) is 0 Å². The SMILES string of the molecule is CCNc1ccc(S(=O)(=O)NCC(C2CC2)C2CC2)cn1. The molecular formula is C15H23N3O2S. The van der Waals surface area contributed by atoms with Gasteiger partial charge in [-0.2, -0.15) is 0 Å². The summed E-state index contributed by atoms with van der Waals surface area (Å²) in [4.78, 5) is 4.37. The van der Waals surface area contributed by atoms with E-state index in [1.807, 2.05) is 6.92 Å². The molecule has 0 atom stereocenters. The maximum absolute atomic E-state index is 12.3. The van der Waals surface area contributed by atoms with Gasteiger partial charge in [0.1, 0.15) is 10.7 Å². The highest BCUT2D eigenvalue weighted by molar-refractivity contribution is 7.89. The van der Waals surface area contributed by atoms with Crippen LogP contribution in [0.5, 0.6) is 0 Å². The van der Waals surface area contributed by atoms with Gasteiger partial charge < -0.3 is 5.32 Å². The second-order valence-electron chi connectivity index (χ2n) is 6.10. The Morgan fingerprint density at radius 3 is 2.38 bits per heavy atom. The molecule has 2 fully saturated rings. The molecule has 0 aliphatic heterocycles. The van der Waals surface area contributed by atoms with Crippen molar-refractivity contribution in [3.8, 4) is 0 Å². The second-order valence-corrected chi connectivity index (χ2v) is 7.87. The predicted molar refractivity (Wildman–Crippen MR) is 82.5 cm³/mol. The minimum absolute atomic E-state index is 0.245. The lowest BCUT2D eigenvalue weighted by molar-refractivity contribution is 0.401. The minimum Gasteiger partial charge on any atom is -0.370 e. The van der Waals surface area contributed by atoms with Gasteiger partial charge in [0.2, 0.25) is 10.0 Å². The zero-order chi connectivity index (χ0) is 14.9. The topological polar surface area (TPSA) is 71.1 Å². The molecule has 0 bridgehead atoms. The maximum Gasteiger partial charge on any atom is 0.242 e. The fourth-order valence-electron chi connectivity index (χ4n) is 2.88. The third-order valence-electron chi connectivity index (χ3n) is 4.37. The van der Waals surface area contributed by atoms with Gasteiger partial charge in [0, 0.05) is 19.3 Å². The summed E-state index contributed by atoms with van der Waals surface area (Å²) in [6.07, 6.45) is 6.48. The van der Waals surface area contributed by atoms with E-state index in [4.69, 9.17) is 0 Å². The molecule has 5 nitrogen and oxygen atoms in total. The Labute approximate surface area is 126 Å². The molecule has 6 heteroatoms. The van der Waals surface area contributed by atoms with Crippen LogP contribution in [-0.4, -0.2) is 26.5 Å². The van der Waals surface area contributed by atoms with Gasteiger partial charge in [-0.1, -0.05) is 0 Å². The summed E-state index contributed by atoms with van der Waals surface area (Å²) in [5.41, 5.74) is 0. The molecule has 1 heterocycles. The average Bonchev–Trinajstić information content (AvgIpc) is 3.34. The fraction of sp³-hybridized carbons (Fsp3) is 0.667. The van der Waals surface area contributed by atoms with Gasteiger partial charge >= 0.3 is 0 Å². The van der Waals surface area contributed by atoms with Crippen LogP contribution in [0.2, 0.25) is 0 Å². The van der Waals surface area contributed by atoms with Crippen molar-refractivity contribution in [2.75, 3.05) is 18.4 Å². The first-order chi connectivity index (χ1) is 10.1. The van der Waals surface area contributed by atoms with Crippen LogP contribution in [0.4, 0.5) is 5.82 Å². The zero-order valence-corrected chi connectivity index (χ0v) is 13.2. The lowest BCUT2D eigenvalue weighted by Crippen LogP contribution is -2.31.